The molecule has 0 aliphatic rings. The average molecular weight is 263 g/mol. The Morgan fingerprint density at radius 2 is 2.19 bits per heavy atom. The average Bonchev–Trinajstić information content (AvgIpc) is 2.26. The topological polar surface area (TPSA) is 50.3 Å². The molecule has 1 heterocycles. The first-order valence-electron chi connectivity index (χ1n) is 5.06. The van der Waals surface area contributed by atoms with Crippen molar-refractivity contribution in [3.05, 3.63) is 23.5 Å². The quantitative estimate of drug-likeness (QED) is 0.817. The summed E-state index contributed by atoms with van der Waals surface area (Å²) in [6.07, 6.45) is 4.52. The molecule has 0 saturated carbocycles. The van der Waals surface area contributed by atoms with E-state index in [0.29, 0.717) is 6.54 Å². The van der Waals surface area contributed by atoms with Gasteiger partial charge >= 0.3 is 0 Å². The van der Waals surface area contributed by atoms with Crippen molar-refractivity contribution >= 4 is 21.6 Å². The highest BCUT2D eigenvalue weighted by Crippen LogP contribution is 2.22. The van der Waals surface area contributed by atoms with E-state index >= 15 is 0 Å². The van der Waals surface area contributed by atoms with Gasteiger partial charge in [-0.05, 0) is 12.5 Å². The number of nitrogens with zero attached hydrogens (tertiary/aromatic N) is 2. The second-order valence-electron chi connectivity index (χ2n) is 3.49. The van der Waals surface area contributed by atoms with Crippen LogP contribution in [0.5, 0.6) is 0 Å². The van der Waals surface area contributed by atoms with Crippen molar-refractivity contribution in [2.75, 3.05) is 13.6 Å². The summed E-state index contributed by atoms with van der Waals surface area (Å²) in [5.74, 6) is 0. The van der Waals surface area contributed by atoms with Gasteiger partial charge in [0.05, 0.1) is 5.02 Å². The van der Waals surface area contributed by atoms with Gasteiger partial charge in [-0.1, -0.05) is 24.9 Å². The van der Waals surface area contributed by atoms with Gasteiger partial charge in [0.1, 0.15) is 4.90 Å². The van der Waals surface area contributed by atoms with Crippen LogP contribution >= 0.6 is 11.6 Å². The number of halogens is 1. The Morgan fingerprint density at radius 3 is 2.75 bits per heavy atom. The predicted octanol–water partition coefficient (Wildman–Crippen LogP) is 2.16. The Balaban J connectivity index is 2.98. The number of aromatic nitrogens is 1. The molecule has 0 fully saturated rings. The van der Waals surface area contributed by atoms with Gasteiger partial charge in [-0.25, -0.2) is 12.7 Å². The Kier molecular flexibility index (Phi) is 4.70. The molecule has 0 N–H and O–H groups in total. The zero-order valence-corrected chi connectivity index (χ0v) is 10.9. The summed E-state index contributed by atoms with van der Waals surface area (Å²) in [5.41, 5.74) is 0. The zero-order valence-electron chi connectivity index (χ0n) is 9.35. The second kappa shape index (κ2) is 5.61. The van der Waals surface area contributed by atoms with E-state index in [-0.39, 0.29) is 9.92 Å². The molecule has 0 aromatic carbocycles. The van der Waals surface area contributed by atoms with E-state index in [4.69, 9.17) is 11.6 Å². The molecule has 0 atom stereocenters. The molecule has 1 rings (SSSR count). The van der Waals surface area contributed by atoms with Crippen LogP contribution in [0, 0.1) is 0 Å². The summed E-state index contributed by atoms with van der Waals surface area (Å²) in [5, 5.41) is 0.207. The van der Waals surface area contributed by atoms with Crippen LogP contribution in [0.2, 0.25) is 5.02 Å². The zero-order chi connectivity index (χ0) is 12.2. The number of hydrogen-bond donors (Lipinski definition) is 0. The standard InChI is InChI=1S/C10H15ClN2O2S/c1-3-4-7-13(2)16(14,15)10-8-12-6-5-9(10)11/h5-6,8H,3-4,7H2,1-2H3. The van der Waals surface area contributed by atoms with Crippen molar-refractivity contribution in [2.45, 2.75) is 24.7 Å². The van der Waals surface area contributed by atoms with E-state index in [1.807, 2.05) is 6.92 Å². The molecule has 0 radical (unpaired) electrons. The molecular weight excluding hydrogens is 248 g/mol. The monoisotopic (exact) mass is 262 g/mol. The lowest BCUT2D eigenvalue weighted by atomic mass is 10.3. The molecule has 6 heteroatoms. The maximum Gasteiger partial charge on any atom is 0.245 e. The summed E-state index contributed by atoms with van der Waals surface area (Å²) in [6, 6.07) is 1.47. The van der Waals surface area contributed by atoms with E-state index < -0.39 is 10.0 Å². The van der Waals surface area contributed by atoms with Crippen LogP contribution < -0.4 is 0 Å². The summed E-state index contributed by atoms with van der Waals surface area (Å²) < 4.78 is 25.4. The third kappa shape index (κ3) is 2.93. The van der Waals surface area contributed by atoms with Crippen LogP contribution in [0.15, 0.2) is 23.4 Å². The van der Waals surface area contributed by atoms with E-state index in [2.05, 4.69) is 4.98 Å². The Labute approximate surface area is 101 Å². The van der Waals surface area contributed by atoms with E-state index in [9.17, 15) is 8.42 Å². The van der Waals surface area contributed by atoms with Crippen molar-refractivity contribution < 1.29 is 8.42 Å². The van der Waals surface area contributed by atoms with Gasteiger partial charge in [0.2, 0.25) is 10.0 Å². The molecule has 1 aromatic heterocycles. The highest BCUT2D eigenvalue weighted by molar-refractivity contribution is 7.89. The fourth-order valence-electron chi connectivity index (χ4n) is 1.22. The first kappa shape index (κ1) is 13.4. The highest BCUT2D eigenvalue weighted by atomic mass is 35.5. The normalized spacial score (nSPS) is 12.0. The van der Waals surface area contributed by atoms with Gasteiger partial charge in [-0.3, -0.25) is 4.98 Å². The third-order valence-electron chi connectivity index (χ3n) is 2.25. The van der Waals surface area contributed by atoms with Gasteiger partial charge in [0.25, 0.3) is 0 Å². The molecule has 16 heavy (non-hydrogen) atoms. The van der Waals surface area contributed by atoms with E-state index in [0.717, 1.165) is 12.8 Å². The fourth-order valence-corrected chi connectivity index (χ4v) is 2.83. The molecule has 1 aromatic rings. The molecule has 0 bridgehead atoms. The highest BCUT2D eigenvalue weighted by Gasteiger charge is 2.22. The SMILES string of the molecule is CCCCN(C)S(=O)(=O)c1cnccc1Cl. The first-order chi connectivity index (χ1) is 7.50. The number of hydrogen-bond acceptors (Lipinski definition) is 3. The molecule has 4 nitrogen and oxygen atoms in total. The molecule has 0 aliphatic heterocycles. The Bertz CT molecular complexity index is 448. The van der Waals surface area contributed by atoms with Gasteiger partial charge in [0.15, 0.2) is 0 Å². The summed E-state index contributed by atoms with van der Waals surface area (Å²) in [6.45, 7) is 2.50. The second-order valence-corrected chi connectivity index (χ2v) is 5.91. The lowest BCUT2D eigenvalue weighted by Gasteiger charge is -2.17. The number of rotatable bonds is 5. The maximum atomic E-state index is 12.1. The van der Waals surface area contributed by atoms with Crippen LogP contribution in [0.1, 0.15) is 19.8 Å². The smallest absolute Gasteiger partial charge is 0.245 e. The minimum atomic E-state index is -3.50. The van der Waals surface area contributed by atoms with Crippen molar-refractivity contribution in [3.8, 4) is 0 Å². The van der Waals surface area contributed by atoms with Crippen LogP contribution in [0.4, 0.5) is 0 Å². The third-order valence-corrected chi connectivity index (χ3v) is 4.57. The number of unbranched alkanes of at least 4 members (excludes halogenated alkanes) is 1. The molecule has 90 valence electrons. The number of pyridine rings is 1. The molecule has 0 saturated heterocycles. The summed E-state index contributed by atoms with van der Waals surface area (Å²) >= 11 is 5.84. The minimum Gasteiger partial charge on any atom is -0.263 e. The summed E-state index contributed by atoms with van der Waals surface area (Å²) in [7, 11) is -1.95. The Morgan fingerprint density at radius 1 is 1.50 bits per heavy atom. The first-order valence-corrected chi connectivity index (χ1v) is 6.87. The van der Waals surface area contributed by atoms with Crippen molar-refractivity contribution in [2.24, 2.45) is 0 Å². The lowest BCUT2D eigenvalue weighted by Crippen LogP contribution is -2.28. The molecule has 0 aliphatic carbocycles. The van der Waals surface area contributed by atoms with Crippen molar-refractivity contribution in [3.63, 3.8) is 0 Å². The van der Waals surface area contributed by atoms with Crippen LogP contribution in [0.25, 0.3) is 0 Å². The van der Waals surface area contributed by atoms with Crippen LogP contribution in [0.3, 0.4) is 0 Å². The molecule has 0 spiro atoms. The van der Waals surface area contributed by atoms with Crippen LogP contribution in [-0.2, 0) is 10.0 Å². The summed E-state index contributed by atoms with van der Waals surface area (Å²) in [4.78, 5) is 3.85. The van der Waals surface area contributed by atoms with Crippen molar-refractivity contribution in [1.82, 2.24) is 9.29 Å². The molecular formula is C10H15ClN2O2S. The van der Waals surface area contributed by atoms with Crippen LogP contribution in [-0.4, -0.2) is 31.3 Å². The molecule has 0 unspecified atom stereocenters. The van der Waals surface area contributed by atoms with Gasteiger partial charge in [-0.2, -0.15) is 0 Å². The van der Waals surface area contributed by atoms with E-state index in [1.165, 1.54) is 22.8 Å². The van der Waals surface area contributed by atoms with Gasteiger partial charge in [-0.15, -0.1) is 0 Å². The van der Waals surface area contributed by atoms with Crippen molar-refractivity contribution in [1.29, 1.82) is 0 Å². The largest absolute Gasteiger partial charge is 0.263 e. The maximum absolute atomic E-state index is 12.1. The van der Waals surface area contributed by atoms with Gasteiger partial charge < -0.3 is 0 Å². The lowest BCUT2D eigenvalue weighted by molar-refractivity contribution is 0.459. The minimum absolute atomic E-state index is 0.0651. The predicted molar refractivity (Wildman–Crippen MR) is 64.0 cm³/mol. The van der Waals surface area contributed by atoms with E-state index in [1.54, 1.807) is 7.05 Å². The fraction of sp³-hybridized carbons (Fsp3) is 0.500. The Hall–Kier alpha value is -0.650. The van der Waals surface area contributed by atoms with Gasteiger partial charge in [0, 0.05) is 26.0 Å². The number of sulfonamides is 1. The molecule has 0 amide bonds.